The molecule has 13 heavy (non-hydrogen) atoms. The van der Waals surface area contributed by atoms with Gasteiger partial charge in [0, 0.05) is 18.1 Å². The van der Waals surface area contributed by atoms with Crippen molar-refractivity contribution in [2.45, 2.75) is 13.8 Å². The Labute approximate surface area is 82.5 Å². The first kappa shape index (κ1) is 8.45. The third-order valence-electron chi connectivity index (χ3n) is 2.07. The van der Waals surface area contributed by atoms with E-state index < -0.39 is 0 Å². The second kappa shape index (κ2) is 2.96. The second-order valence-corrected chi connectivity index (χ2v) is 3.47. The SMILES string of the molecule is CC=C1NC(C)=Cn2ccc(Cl)c21. The Kier molecular flexibility index (Phi) is 1.93. The Morgan fingerprint density at radius 3 is 3.00 bits per heavy atom. The number of hydrogen-bond acceptors (Lipinski definition) is 1. The van der Waals surface area contributed by atoms with Crippen molar-refractivity contribution in [2.24, 2.45) is 0 Å². The van der Waals surface area contributed by atoms with Crippen molar-refractivity contribution in [3.8, 4) is 0 Å². The van der Waals surface area contributed by atoms with Gasteiger partial charge in [-0.25, -0.2) is 0 Å². The van der Waals surface area contributed by atoms with Gasteiger partial charge in [0.25, 0.3) is 0 Å². The summed E-state index contributed by atoms with van der Waals surface area (Å²) in [5.41, 5.74) is 3.22. The average molecular weight is 195 g/mol. The van der Waals surface area contributed by atoms with Crippen LogP contribution >= 0.6 is 11.6 Å². The van der Waals surface area contributed by atoms with Crippen molar-refractivity contribution in [3.05, 3.63) is 34.8 Å². The van der Waals surface area contributed by atoms with Gasteiger partial charge >= 0.3 is 0 Å². The molecule has 0 fully saturated rings. The van der Waals surface area contributed by atoms with E-state index in [2.05, 4.69) is 5.32 Å². The lowest BCUT2D eigenvalue weighted by atomic mass is 10.2. The lowest BCUT2D eigenvalue weighted by Gasteiger charge is -2.18. The number of nitrogens with one attached hydrogen (secondary N) is 1. The molecule has 1 aliphatic rings. The van der Waals surface area contributed by atoms with Crippen molar-refractivity contribution in [1.82, 2.24) is 9.88 Å². The molecular formula is C10H11ClN2. The molecule has 2 heterocycles. The molecule has 0 saturated carbocycles. The fourth-order valence-electron chi connectivity index (χ4n) is 1.52. The van der Waals surface area contributed by atoms with E-state index in [0.29, 0.717) is 0 Å². The third kappa shape index (κ3) is 1.27. The molecule has 1 aromatic heterocycles. The molecule has 68 valence electrons. The largest absolute Gasteiger partial charge is 0.356 e. The molecule has 0 atom stereocenters. The monoisotopic (exact) mass is 194 g/mol. The van der Waals surface area contributed by atoms with E-state index in [4.69, 9.17) is 11.6 Å². The molecule has 1 N–H and O–H groups in total. The highest BCUT2D eigenvalue weighted by atomic mass is 35.5. The Bertz CT molecular complexity index is 399. The van der Waals surface area contributed by atoms with Crippen LogP contribution in [0, 0.1) is 0 Å². The number of allylic oxidation sites excluding steroid dienone is 2. The zero-order valence-corrected chi connectivity index (χ0v) is 8.39. The highest BCUT2D eigenvalue weighted by molar-refractivity contribution is 6.32. The van der Waals surface area contributed by atoms with E-state index in [0.717, 1.165) is 22.1 Å². The zero-order chi connectivity index (χ0) is 9.42. The zero-order valence-electron chi connectivity index (χ0n) is 7.63. The van der Waals surface area contributed by atoms with E-state index in [1.165, 1.54) is 0 Å². The summed E-state index contributed by atoms with van der Waals surface area (Å²) in [5, 5.41) is 4.05. The first-order chi connectivity index (χ1) is 6.22. The second-order valence-electron chi connectivity index (χ2n) is 3.06. The molecule has 0 unspecified atom stereocenters. The Morgan fingerprint density at radius 2 is 2.31 bits per heavy atom. The topological polar surface area (TPSA) is 17.0 Å². The minimum Gasteiger partial charge on any atom is -0.356 e. The maximum Gasteiger partial charge on any atom is 0.0873 e. The van der Waals surface area contributed by atoms with Crippen LogP contribution in [0.1, 0.15) is 19.5 Å². The van der Waals surface area contributed by atoms with Gasteiger partial charge in [-0.2, -0.15) is 0 Å². The molecule has 0 spiro atoms. The molecule has 1 aromatic rings. The van der Waals surface area contributed by atoms with Gasteiger partial charge < -0.3 is 9.88 Å². The van der Waals surface area contributed by atoms with Crippen LogP contribution in [0.4, 0.5) is 0 Å². The molecular weight excluding hydrogens is 184 g/mol. The summed E-state index contributed by atoms with van der Waals surface area (Å²) in [4.78, 5) is 0. The number of nitrogens with zero attached hydrogens (tertiary/aromatic N) is 1. The molecule has 1 aliphatic heterocycles. The molecule has 0 radical (unpaired) electrons. The fraction of sp³-hybridized carbons (Fsp3) is 0.200. The maximum atomic E-state index is 6.05. The Hall–Kier alpha value is -1.15. The minimum absolute atomic E-state index is 0.782. The lowest BCUT2D eigenvalue weighted by Crippen LogP contribution is -2.17. The van der Waals surface area contributed by atoms with Crippen molar-refractivity contribution < 1.29 is 0 Å². The summed E-state index contributed by atoms with van der Waals surface area (Å²) in [6, 6.07) is 1.90. The van der Waals surface area contributed by atoms with Crippen LogP contribution < -0.4 is 5.32 Å². The van der Waals surface area contributed by atoms with E-state index in [9.17, 15) is 0 Å². The van der Waals surface area contributed by atoms with Gasteiger partial charge in [0.15, 0.2) is 0 Å². The highest BCUT2D eigenvalue weighted by Gasteiger charge is 2.14. The van der Waals surface area contributed by atoms with Crippen LogP contribution in [0.3, 0.4) is 0 Å². The normalized spacial score (nSPS) is 18.1. The predicted octanol–water partition coefficient (Wildman–Crippen LogP) is 2.92. The molecule has 0 saturated heterocycles. The van der Waals surface area contributed by atoms with Crippen LogP contribution in [0.5, 0.6) is 0 Å². The molecule has 0 aromatic carbocycles. The van der Waals surface area contributed by atoms with Crippen LogP contribution in [0.15, 0.2) is 24.0 Å². The minimum atomic E-state index is 0.782. The summed E-state index contributed by atoms with van der Waals surface area (Å²) in [6.45, 7) is 4.02. The average Bonchev–Trinajstić information content (AvgIpc) is 2.46. The summed E-state index contributed by atoms with van der Waals surface area (Å²) >= 11 is 6.05. The Morgan fingerprint density at radius 1 is 1.54 bits per heavy atom. The summed E-state index contributed by atoms with van der Waals surface area (Å²) in [6.07, 6.45) is 6.01. The van der Waals surface area contributed by atoms with Gasteiger partial charge in [-0.15, -0.1) is 0 Å². The standard InChI is InChI=1S/C10H11ClN2/c1-3-9-10-8(11)4-5-13(10)6-7(2)12-9/h3-6,12H,1-2H3. The van der Waals surface area contributed by atoms with Crippen molar-refractivity contribution in [3.63, 3.8) is 0 Å². The number of halogens is 1. The number of aromatic nitrogens is 1. The number of hydrogen-bond donors (Lipinski definition) is 1. The van der Waals surface area contributed by atoms with Gasteiger partial charge in [-0.05, 0) is 19.9 Å². The first-order valence-corrected chi connectivity index (χ1v) is 4.58. The summed E-state index contributed by atoms with van der Waals surface area (Å²) in [7, 11) is 0. The number of fused-ring (bicyclic) bond motifs is 1. The number of rotatable bonds is 0. The van der Waals surface area contributed by atoms with Gasteiger partial charge in [0.1, 0.15) is 0 Å². The van der Waals surface area contributed by atoms with E-state index in [1.54, 1.807) is 0 Å². The van der Waals surface area contributed by atoms with E-state index in [-0.39, 0.29) is 0 Å². The molecule has 0 amide bonds. The van der Waals surface area contributed by atoms with Crippen LogP contribution in [-0.2, 0) is 0 Å². The van der Waals surface area contributed by atoms with Gasteiger partial charge in [0.2, 0.25) is 0 Å². The lowest BCUT2D eigenvalue weighted by molar-refractivity contribution is 0.972. The highest BCUT2D eigenvalue weighted by Crippen LogP contribution is 2.27. The van der Waals surface area contributed by atoms with Gasteiger partial charge in [-0.3, -0.25) is 0 Å². The maximum absolute atomic E-state index is 6.05. The molecule has 0 aliphatic carbocycles. The Balaban J connectivity index is 2.64. The van der Waals surface area contributed by atoms with E-state index >= 15 is 0 Å². The van der Waals surface area contributed by atoms with Gasteiger partial charge in [-0.1, -0.05) is 17.7 Å². The van der Waals surface area contributed by atoms with Crippen LogP contribution in [0.2, 0.25) is 5.02 Å². The first-order valence-electron chi connectivity index (χ1n) is 4.21. The summed E-state index contributed by atoms with van der Waals surface area (Å²) in [5.74, 6) is 0. The predicted molar refractivity (Wildman–Crippen MR) is 56.2 cm³/mol. The fourth-order valence-corrected chi connectivity index (χ4v) is 1.78. The van der Waals surface area contributed by atoms with Gasteiger partial charge in [0.05, 0.1) is 16.4 Å². The molecule has 2 rings (SSSR count). The van der Waals surface area contributed by atoms with Crippen molar-refractivity contribution in [2.75, 3.05) is 0 Å². The molecule has 0 bridgehead atoms. The quantitative estimate of drug-likeness (QED) is 0.672. The van der Waals surface area contributed by atoms with Crippen molar-refractivity contribution in [1.29, 1.82) is 0 Å². The molecule has 3 heteroatoms. The molecule has 2 nitrogen and oxygen atoms in total. The smallest absolute Gasteiger partial charge is 0.0873 e. The summed E-state index contributed by atoms with van der Waals surface area (Å²) < 4.78 is 2.03. The van der Waals surface area contributed by atoms with Crippen LogP contribution in [0.25, 0.3) is 11.9 Å². The van der Waals surface area contributed by atoms with Crippen LogP contribution in [-0.4, -0.2) is 4.57 Å². The van der Waals surface area contributed by atoms with Crippen molar-refractivity contribution >= 4 is 23.5 Å². The third-order valence-corrected chi connectivity index (χ3v) is 2.38. The van der Waals surface area contributed by atoms with E-state index in [1.807, 2.05) is 43.0 Å².